The standard InChI is InChI=1S/C30H34N2O2/c1-23-28-21-26(33)13-16-29(28)32(30(23)25-9-5-4-6-10-25)22-24-11-14-27(15-12-24)34-20-19-31-17-7-2-3-8-18-31/h4-6,9-16,21,33H,2-3,7-8,17-20,22H2,1H3. The molecule has 2 heterocycles. The molecule has 0 aliphatic carbocycles. The molecule has 4 nitrogen and oxygen atoms in total. The molecule has 1 saturated heterocycles. The number of phenols is 1. The van der Waals surface area contributed by atoms with Crippen molar-refractivity contribution in [3.8, 4) is 22.8 Å². The lowest BCUT2D eigenvalue weighted by molar-refractivity contribution is 0.214. The molecule has 0 unspecified atom stereocenters. The van der Waals surface area contributed by atoms with Crippen molar-refractivity contribution < 1.29 is 9.84 Å². The van der Waals surface area contributed by atoms with Crippen molar-refractivity contribution in [2.75, 3.05) is 26.2 Å². The number of aromatic hydroxyl groups is 1. The second-order valence-electron chi connectivity index (χ2n) is 9.38. The van der Waals surface area contributed by atoms with Crippen LogP contribution in [0.15, 0.2) is 72.8 Å². The van der Waals surface area contributed by atoms with E-state index in [4.69, 9.17) is 4.74 Å². The Labute approximate surface area is 202 Å². The fourth-order valence-electron chi connectivity index (χ4n) is 5.17. The van der Waals surface area contributed by atoms with Crippen LogP contribution < -0.4 is 4.74 Å². The Kier molecular flexibility index (Phi) is 6.87. The van der Waals surface area contributed by atoms with Crippen LogP contribution in [0.3, 0.4) is 0 Å². The lowest BCUT2D eigenvalue weighted by atomic mass is 10.1. The Balaban J connectivity index is 1.34. The topological polar surface area (TPSA) is 37.6 Å². The SMILES string of the molecule is Cc1c(-c2ccccc2)n(Cc2ccc(OCCN3CCCCCC3)cc2)c2ccc(O)cc12. The van der Waals surface area contributed by atoms with Gasteiger partial charge in [0, 0.05) is 24.0 Å². The molecule has 4 heteroatoms. The molecule has 34 heavy (non-hydrogen) atoms. The highest BCUT2D eigenvalue weighted by atomic mass is 16.5. The van der Waals surface area contributed by atoms with Crippen LogP contribution in [-0.2, 0) is 6.54 Å². The minimum atomic E-state index is 0.300. The van der Waals surface area contributed by atoms with E-state index >= 15 is 0 Å². The fourth-order valence-corrected chi connectivity index (χ4v) is 5.17. The number of benzene rings is 3. The minimum Gasteiger partial charge on any atom is -0.508 e. The van der Waals surface area contributed by atoms with Gasteiger partial charge >= 0.3 is 0 Å². The van der Waals surface area contributed by atoms with Crippen molar-refractivity contribution in [3.05, 3.63) is 83.9 Å². The number of hydrogen-bond donors (Lipinski definition) is 1. The van der Waals surface area contributed by atoms with Crippen LogP contribution in [0.4, 0.5) is 0 Å². The number of nitrogens with zero attached hydrogens (tertiary/aromatic N) is 2. The highest BCUT2D eigenvalue weighted by molar-refractivity contribution is 5.92. The van der Waals surface area contributed by atoms with E-state index in [1.165, 1.54) is 61.2 Å². The van der Waals surface area contributed by atoms with Gasteiger partial charge in [-0.1, -0.05) is 55.3 Å². The number of likely N-dealkylation sites (tertiary alicyclic amines) is 1. The Morgan fingerprint density at radius 2 is 1.59 bits per heavy atom. The van der Waals surface area contributed by atoms with Crippen LogP contribution in [0.5, 0.6) is 11.5 Å². The van der Waals surface area contributed by atoms with Crippen LogP contribution in [0, 0.1) is 6.92 Å². The average Bonchev–Trinajstić information content (AvgIpc) is 3.01. The third kappa shape index (κ3) is 4.97. The van der Waals surface area contributed by atoms with Gasteiger partial charge in [-0.15, -0.1) is 0 Å². The van der Waals surface area contributed by atoms with E-state index in [1.807, 2.05) is 18.2 Å². The van der Waals surface area contributed by atoms with Crippen molar-refractivity contribution in [2.45, 2.75) is 39.2 Å². The summed E-state index contributed by atoms with van der Waals surface area (Å²) < 4.78 is 8.41. The second kappa shape index (κ2) is 10.4. The lowest BCUT2D eigenvalue weighted by Gasteiger charge is -2.19. The first-order chi connectivity index (χ1) is 16.7. The minimum absolute atomic E-state index is 0.300. The van der Waals surface area contributed by atoms with Gasteiger partial charge in [0.2, 0.25) is 0 Å². The molecule has 4 aromatic rings. The monoisotopic (exact) mass is 454 g/mol. The number of aryl methyl sites for hydroxylation is 1. The molecule has 176 valence electrons. The van der Waals surface area contributed by atoms with E-state index in [0.29, 0.717) is 5.75 Å². The van der Waals surface area contributed by atoms with E-state index in [0.717, 1.165) is 36.3 Å². The number of phenolic OH excluding ortho intramolecular Hbond substituents is 1. The largest absolute Gasteiger partial charge is 0.508 e. The third-order valence-corrected chi connectivity index (χ3v) is 6.99. The number of fused-ring (bicyclic) bond motifs is 1. The Bertz CT molecular complexity index is 1220. The molecule has 1 aliphatic rings. The van der Waals surface area contributed by atoms with Crippen molar-refractivity contribution in [3.63, 3.8) is 0 Å². The summed E-state index contributed by atoms with van der Waals surface area (Å²) in [6, 6.07) is 24.7. The first kappa shape index (κ1) is 22.5. The van der Waals surface area contributed by atoms with Crippen molar-refractivity contribution in [1.82, 2.24) is 9.47 Å². The average molecular weight is 455 g/mol. The Morgan fingerprint density at radius 1 is 0.853 bits per heavy atom. The zero-order chi connectivity index (χ0) is 23.3. The van der Waals surface area contributed by atoms with E-state index in [1.54, 1.807) is 6.07 Å². The molecule has 0 spiro atoms. The summed E-state index contributed by atoms with van der Waals surface area (Å²) in [4.78, 5) is 2.53. The Hall–Kier alpha value is -3.24. The summed E-state index contributed by atoms with van der Waals surface area (Å²) in [5.74, 6) is 1.23. The van der Waals surface area contributed by atoms with Gasteiger partial charge in [-0.25, -0.2) is 0 Å². The van der Waals surface area contributed by atoms with Crippen molar-refractivity contribution in [2.24, 2.45) is 0 Å². The second-order valence-corrected chi connectivity index (χ2v) is 9.38. The molecule has 0 atom stereocenters. The molecule has 0 bridgehead atoms. The first-order valence-corrected chi connectivity index (χ1v) is 12.5. The third-order valence-electron chi connectivity index (χ3n) is 6.99. The molecule has 1 N–H and O–H groups in total. The highest BCUT2D eigenvalue weighted by Gasteiger charge is 2.16. The summed E-state index contributed by atoms with van der Waals surface area (Å²) >= 11 is 0. The normalized spacial score (nSPS) is 14.9. The molecule has 1 fully saturated rings. The van der Waals surface area contributed by atoms with Gasteiger partial charge in [0.05, 0.1) is 5.69 Å². The zero-order valence-corrected chi connectivity index (χ0v) is 20.0. The van der Waals surface area contributed by atoms with E-state index < -0.39 is 0 Å². The number of hydrogen-bond acceptors (Lipinski definition) is 3. The maximum Gasteiger partial charge on any atom is 0.119 e. The van der Waals surface area contributed by atoms with E-state index in [-0.39, 0.29) is 0 Å². The molecular weight excluding hydrogens is 420 g/mol. The predicted molar refractivity (Wildman–Crippen MR) is 140 cm³/mol. The van der Waals surface area contributed by atoms with Crippen LogP contribution >= 0.6 is 0 Å². The molecule has 5 rings (SSSR count). The maximum atomic E-state index is 10.1. The van der Waals surface area contributed by atoms with Crippen molar-refractivity contribution >= 4 is 10.9 Å². The van der Waals surface area contributed by atoms with Gasteiger partial charge in [-0.3, -0.25) is 4.90 Å². The van der Waals surface area contributed by atoms with Crippen molar-refractivity contribution in [1.29, 1.82) is 0 Å². The van der Waals surface area contributed by atoms with Gasteiger partial charge in [0.15, 0.2) is 0 Å². The summed E-state index contributed by atoms with van der Waals surface area (Å²) in [5, 5.41) is 11.2. The predicted octanol–water partition coefficient (Wildman–Crippen LogP) is 6.63. The molecular formula is C30H34N2O2. The quantitative estimate of drug-likeness (QED) is 0.341. The molecule has 0 amide bonds. The van der Waals surface area contributed by atoms with Gasteiger partial charge in [-0.2, -0.15) is 0 Å². The summed E-state index contributed by atoms with van der Waals surface area (Å²) in [6.07, 6.45) is 5.35. The van der Waals surface area contributed by atoms with Crippen LogP contribution in [0.25, 0.3) is 22.2 Å². The highest BCUT2D eigenvalue weighted by Crippen LogP contribution is 2.35. The molecule has 0 radical (unpaired) electrons. The number of aromatic nitrogens is 1. The number of ether oxygens (including phenoxy) is 1. The Morgan fingerprint density at radius 3 is 2.32 bits per heavy atom. The molecule has 0 saturated carbocycles. The van der Waals surface area contributed by atoms with E-state index in [2.05, 4.69) is 64.9 Å². The van der Waals surface area contributed by atoms with Crippen LogP contribution in [0.2, 0.25) is 0 Å². The summed E-state index contributed by atoms with van der Waals surface area (Å²) in [7, 11) is 0. The zero-order valence-electron chi connectivity index (χ0n) is 20.0. The maximum absolute atomic E-state index is 10.1. The van der Waals surface area contributed by atoms with Gasteiger partial charge in [0.1, 0.15) is 18.1 Å². The fraction of sp³-hybridized carbons (Fsp3) is 0.333. The first-order valence-electron chi connectivity index (χ1n) is 12.5. The van der Waals surface area contributed by atoms with Gasteiger partial charge < -0.3 is 14.4 Å². The van der Waals surface area contributed by atoms with Gasteiger partial charge in [-0.05, 0) is 79.9 Å². The van der Waals surface area contributed by atoms with Crippen LogP contribution in [0.1, 0.15) is 36.8 Å². The molecule has 1 aromatic heterocycles. The smallest absolute Gasteiger partial charge is 0.119 e. The molecule has 1 aliphatic heterocycles. The van der Waals surface area contributed by atoms with Crippen LogP contribution in [-0.4, -0.2) is 40.8 Å². The summed E-state index contributed by atoms with van der Waals surface area (Å²) in [5.41, 5.74) is 5.92. The van der Waals surface area contributed by atoms with E-state index in [9.17, 15) is 5.11 Å². The lowest BCUT2D eigenvalue weighted by Crippen LogP contribution is -2.29. The summed E-state index contributed by atoms with van der Waals surface area (Å²) in [6.45, 7) is 7.05. The molecule has 3 aromatic carbocycles. The number of rotatable bonds is 7. The van der Waals surface area contributed by atoms with Gasteiger partial charge in [0.25, 0.3) is 0 Å².